The predicted molar refractivity (Wildman–Crippen MR) is 113 cm³/mol. The quantitative estimate of drug-likeness (QED) is 0.780. The van der Waals surface area contributed by atoms with Crippen LogP contribution in [0.1, 0.15) is 62.0 Å². The second kappa shape index (κ2) is 9.08. The highest BCUT2D eigenvalue weighted by Crippen LogP contribution is 2.33. The molecule has 1 N–H and O–H groups in total. The number of rotatable bonds is 7. The van der Waals surface area contributed by atoms with Gasteiger partial charge in [-0.2, -0.15) is 5.10 Å². The highest BCUT2D eigenvalue weighted by Gasteiger charge is 2.33. The Balaban J connectivity index is 1.39. The Morgan fingerprint density at radius 3 is 2.62 bits per heavy atom. The minimum absolute atomic E-state index is 0.0241. The number of nitrogens with zero attached hydrogens (tertiary/aromatic N) is 4. The lowest BCUT2D eigenvalue weighted by molar-refractivity contribution is -0.128. The Kier molecular flexibility index (Phi) is 6.28. The monoisotopic (exact) mass is 395 g/mol. The van der Waals surface area contributed by atoms with Crippen molar-refractivity contribution < 1.29 is 4.79 Å². The average Bonchev–Trinajstić information content (AvgIpc) is 3.06. The second-order valence-electron chi connectivity index (χ2n) is 8.58. The first kappa shape index (κ1) is 20.1. The molecule has 1 saturated heterocycles. The van der Waals surface area contributed by atoms with Crippen molar-refractivity contribution in [2.45, 2.75) is 65.1 Å². The summed E-state index contributed by atoms with van der Waals surface area (Å²) in [6.07, 6.45) is 9.41. The standard InChI is InChI=1S/C23H33N5O/c1-3-28-16-20(17(2)26-28)15-27-13-10-18(11-14-27)22(21-9-4-5-12-24-21)25-23(29)19-7-6-8-19/h4-5,9,12,16,18-19,22H,3,6-8,10-11,13-15H2,1-2H3,(H,25,29)/t22-/m0/s1. The van der Waals surface area contributed by atoms with Crippen LogP contribution in [0.5, 0.6) is 0 Å². The molecule has 4 rings (SSSR count). The van der Waals surface area contributed by atoms with Crippen molar-refractivity contribution in [2.75, 3.05) is 13.1 Å². The molecule has 156 valence electrons. The molecule has 2 aromatic heterocycles. The number of pyridine rings is 1. The third-order valence-electron chi connectivity index (χ3n) is 6.65. The van der Waals surface area contributed by atoms with Crippen LogP contribution in [0.4, 0.5) is 0 Å². The van der Waals surface area contributed by atoms with E-state index in [0.717, 1.165) is 63.3 Å². The number of aromatic nitrogens is 3. The van der Waals surface area contributed by atoms with E-state index in [1.807, 2.05) is 23.0 Å². The van der Waals surface area contributed by atoms with Gasteiger partial charge in [-0.05, 0) is 70.7 Å². The molecule has 2 aromatic rings. The van der Waals surface area contributed by atoms with Crippen LogP contribution in [0, 0.1) is 18.8 Å². The van der Waals surface area contributed by atoms with Crippen molar-refractivity contribution >= 4 is 5.91 Å². The molecule has 0 spiro atoms. The molecule has 29 heavy (non-hydrogen) atoms. The maximum Gasteiger partial charge on any atom is 0.223 e. The topological polar surface area (TPSA) is 63.0 Å². The lowest BCUT2D eigenvalue weighted by atomic mass is 9.83. The fourth-order valence-electron chi connectivity index (χ4n) is 4.50. The summed E-state index contributed by atoms with van der Waals surface area (Å²) in [7, 11) is 0. The summed E-state index contributed by atoms with van der Waals surface area (Å²) >= 11 is 0. The summed E-state index contributed by atoms with van der Waals surface area (Å²) < 4.78 is 2.02. The van der Waals surface area contributed by atoms with Gasteiger partial charge >= 0.3 is 0 Å². The number of piperidine rings is 1. The Morgan fingerprint density at radius 2 is 2.03 bits per heavy atom. The SMILES string of the molecule is CCn1cc(CN2CCC([C@H](NC(=O)C3CCC3)c3ccccn3)CC2)c(C)n1. The molecule has 0 unspecified atom stereocenters. The van der Waals surface area contributed by atoms with E-state index >= 15 is 0 Å². The molecular formula is C23H33N5O. The van der Waals surface area contributed by atoms with Crippen molar-refractivity contribution in [3.05, 3.63) is 47.5 Å². The molecule has 1 amide bonds. The summed E-state index contributed by atoms with van der Waals surface area (Å²) in [6.45, 7) is 8.18. The molecule has 1 atom stereocenters. The van der Waals surface area contributed by atoms with Gasteiger partial charge in [0.2, 0.25) is 5.91 Å². The van der Waals surface area contributed by atoms with Crippen molar-refractivity contribution in [3.8, 4) is 0 Å². The fourth-order valence-corrected chi connectivity index (χ4v) is 4.50. The van der Waals surface area contributed by atoms with Crippen molar-refractivity contribution in [1.29, 1.82) is 0 Å². The van der Waals surface area contributed by atoms with Gasteiger partial charge in [-0.3, -0.25) is 19.4 Å². The normalized spacial score (nSPS) is 19.7. The first-order valence-electron chi connectivity index (χ1n) is 11.1. The minimum atomic E-state index is 0.0241. The van der Waals surface area contributed by atoms with Crippen LogP contribution < -0.4 is 5.32 Å². The third kappa shape index (κ3) is 4.69. The van der Waals surface area contributed by atoms with E-state index in [1.54, 1.807) is 0 Å². The molecule has 2 fully saturated rings. The maximum atomic E-state index is 12.7. The number of hydrogen-bond acceptors (Lipinski definition) is 4. The molecule has 0 bridgehead atoms. The molecule has 1 aliphatic carbocycles. The van der Waals surface area contributed by atoms with Crippen LogP contribution in [0.2, 0.25) is 0 Å². The molecule has 6 nitrogen and oxygen atoms in total. The number of aryl methyl sites for hydroxylation is 2. The summed E-state index contributed by atoms with van der Waals surface area (Å²) in [4.78, 5) is 19.8. The highest BCUT2D eigenvalue weighted by atomic mass is 16.2. The van der Waals surface area contributed by atoms with Gasteiger partial charge in [-0.1, -0.05) is 12.5 Å². The van der Waals surface area contributed by atoms with Gasteiger partial charge in [0.25, 0.3) is 0 Å². The smallest absolute Gasteiger partial charge is 0.223 e. The van der Waals surface area contributed by atoms with E-state index < -0.39 is 0 Å². The van der Waals surface area contributed by atoms with E-state index in [0.29, 0.717) is 5.92 Å². The first-order chi connectivity index (χ1) is 14.1. The molecule has 6 heteroatoms. The number of carbonyl (C=O) groups excluding carboxylic acids is 1. The summed E-state index contributed by atoms with van der Waals surface area (Å²) in [5.74, 6) is 0.862. The first-order valence-corrected chi connectivity index (χ1v) is 11.1. The van der Waals surface area contributed by atoms with Crippen LogP contribution in [-0.4, -0.2) is 38.7 Å². The van der Waals surface area contributed by atoms with Crippen LogP contribution >= 0.6 is 0 Å². The number of carbonyl (C=O) groups is 1. The lowest BCUT2D eigenvalue weighted by Crippen LogP contribution is -2.43. The number of nitrogens with one attached hydrogen (secondary N) is 1. The zero-order valence-electron chi connectivity index (χ0n) is 17.7. The number of amides is 1. The average molecular weight is 396 g/mol. The van der Waals surface area contributed by atoms with Crippen molar-refractivity contribution in [3.63, 3.8) is 0 Å². The molecule has 0 aromatic carbocycles. The molecule has 1 aliphatic heterocycles. The fraction of sp³-hybridized carbons (Fsp3) is 0.609. The Hall–Kier alpha value is -2.21. The van der Waals surface area contributed by atoms with Gasteiger partial charge in [0.05, 0.1) is 17.4 Å². The second-order valence-corrected chi connectivity index (χ2v) is 8.58. The van der Waals surface area contributed by atoms with E-state index in [9.17, 15) is 4.79 Å². The molecule has 2 aliphatic rings. The van der Waals surface area contributed by atoms with Crippen LogP contribution in [0.3, 0.4) is 0 Å². The van der Waals surface area contributed by atoms with E-state index in [2.05, 4.69) is 46.4 Å². The Labute approximate surface area is 173 Å². The van der Waals surface area contributed by atoms with Crippen molar-refractivity contribution in [1.82, 2.24) is 25.0 Å². The highest BCUT2D eigenvalue weighted by molar-refractivity contribution is 5.79. The van der Waals surface area contributed by atoms with Crippen molar-refractivity contribution in [2.24, 2.45) is 11.8 Å². The van der Waals surface area contributed by atoms with Crippen LogP contribution in [0.25, 0.3) is 0 Å². The Morgan fingerprint density at radius 1 is 1.24 bits per heavy atom. The van der Waals surface area contributed by atoms with Crippen LogP contribution in [-0.2, 0) is 17.9 Å². The summed E-state index contributed by atoms with van der Waals surface area (Å²) in [5.41, 5.74) is 3.46. The van der Waals surface area contributed by atoms with E-state index in [-0.39, 0.29) is 17.9 Å². The van der Waals surface area contributed by atoms with Gasteiger partial charge in [0, 0.05) is 37.0 Å². The van der Waals surface area contributed by atoms with Gasteiger partial charge in [-0.25, -0.2) is 0 Å². The number of hydrogen-bond donors (Lipinski definition) is 1. The largest absolute Gasteiger partial charge is 0.347 e. The minimum Gasteiger partial charge on any atom is -0.347 e. The third-order valence-corrected chi connectivity index (χ3v) is 6.65. The Bertz CT molecular complexity index is 806. The van der Waals surface area contributed by atoms with Crippen LogP contribution in [0.15, 0.2) is 30.6 Å². The van der Waals surface area contributed by atoms with Gasteiger partial charge < -0.3 is 5.32 Å². The summed E-state index contributed by atoms with van der Waals surface area (Å²) in [6, 6.07) is 6.04. The lowest BCUT2D eigenvalue weighted by Gasteiger charge is -2.37. The molecule has 3 heterocycles. The molecular weight excluding hydrogens is 362 g/mol. The zero-order chi connectivity index (χ0) is 20.2. The maximum absolute atomic E-state index is 12.7. The van der Waals surface area contributed by atoms with Gasteiger partial charge in [-0.15, -0.1) is 0 Å². The van der Waals surface area contributed by atoms with E-state index in [4.69, 9.17) is 0 Å². The van der Waals surface area contributed by atoms with Gasteiger partial charge in [0.1, 0.15) is 0 Å². The molecule has 0 radical (unpaired) electrons. The van der Waals surface area contributed by atoms with E-state index in [1.165, 1.54) is 12.0 Å². The van der Waals surface area contributed by atoms with Gasteiger partial charge in [0.15, 0.2) is 0 Å². The predicted octanol–water partition coefficient (Wildman–Crippen LogP) is 3.48. The zero-order valence-corrected chi connectivity index (χ0v) is 17.7. The number of likely N-dealkylation sites (tertiary alicyclic amines) is 1. The summed E-state index contributed by atoms with van der Waals surface area (Å²) in [5, 5.41) is 7.93. The molecule has 1 saturated carbocycles.